The van der Waals surface area contributed by atoms with Crippen LogP contribution < -0.4 is 5.32 Å². The summed E-state index contributed by atoms with van der Waals surface area (Å²) in [6, 6.07) is 0. The molecule has 1 aliphatic carbocycles. The quantitative estimate of drug-likeness (QED) is 0.742. The normalized spacial score (nSPS) is 29.2. The first-order chi connectivity index (χ1) is 7.69. The predicted molar refractivity (Wildman–Crippen MR) is 64.9 cm³/mol. The highest BCUT2D eigenvalue weighted by Gasteiger charge is 2.65. The van der Waals surface area contributed by atoms with E-state index in [0.29, 0.717) is 6.54 Å². The lowest BCUT2D eigenvalue weighted by Crippen LogP contribution is -2.34. The molecule has 0 aromatic rings. The van der Waals surface area contributed by atoms with Gasteiger partial charge in [0, 0.05) is 28.9 Å². The van der Waals surface area contributed by atoms with Gasteiger partial charge in [0.25, 0.3) is 0 Å². The molecular formula is C11H19NO4S. The lowest BCUT2D eigenvalue weighted by molar-refractivity contribution is -0.140. The third-order valence-electron chi connectivity index (χ3n) is 3.51. The number of rotatable bonds is 5. The summed E-state index contributed by atoms with van der Waals surface area (Å²) in [7, 11) is -0.987. The van der Waals surface area contributed by atoms with Crippen molar-refractivity contribution in [1.82, 2.24) is 5.32 Å². The van der Waals surface area contributed by atoms with Crippen LogP contribution in [-0.4, -0.2) is 39.2 Å². The zero-order chi connectivity index (χ0) is 13.4. The highest BCUT2D eigenvalue weighted by molar-refractivity contribution is 7.84. The Kier molecular flexibility index (Phi) is 3.96. The molecule has 0 aromatic heterocycles. The van der Waals surface area contributed by atoms with E-state index in [4.69, 9.17) is 5.11 Å². The highest BCUT2D eigenvalue weighted by atomic mass is 32.2. The average Bonchev–Trinajstić information content (AvgIpc) is 2.77. The Morgan fingerprint density at radius 1 is 1.41 bits per heavy atom. The van der Waals surface area contributed by atoms with Crippen LogP contribution in [0.15, 0.2) is 0 Å². The van der Waals surface area contributed by atoms with Gasteiger partial charge >= 0.3 is 5.97 Å². The van der Waals surface area contributed by atoms with Crippen LogP contribution in [0, 0.1) is 17.3 Å². The molecule has 0 spiro atoms. The van der Waals surface area contributed by atoms with Crippen molar-refractivity contribution in [1.29, 1.82) is 0 Å². The van der Waals surface area contributed by atoms with Crippen molar-refractivity contribution < 1.29 is 18.9 Å². The molecule has 4 unspecified atom stereocenters. The lowest BCUT2D eigenvalue weighted by atomic mass is 10.1. The molecule has 0 aromatic carbocycles. The van der Waals surface area contributed by atoms with Gasteiger partial charge in [-0.3, -0.25) is 13.8 Å². The summed E-state index contributed by atoms with van der Waals surface area (Å²) in [5, 5.41) is 11.5. The Morgan fingerprint density at radius 2 is 1.94 bits per heavy atom. The molecule has 2 N–H and O–H groups in total. The van der Waals surface area contributed by atoms with Gasteiger partial charge in [-0.05, 0) is 12.3 Å². The molecule has 1 fully saturated rings. The molecule has 0 bridgehead atoms. The van der Waals surface area contributed by atoms with Crippen LogP contribution in [0.5, 0.6) is 0 Å². The molecule has 1 saturated carbocycles. The molecule has 4 atom stereocenters. The van der Waals surface area contributed by atoms with Crippen LogP contribution >= 0.6 is 0 Å². The van der Waals surface area contributed by atoms with Gasteiger partial charge in [-0.2, -0.15) is 0 Å². The molecule has 1 rings (SSSR count). The minimum atomic E-state index is -0.987. The maximum Gasteiger partial charge on any atom is 0.307 e. The van der Waals surface area contributed by atoms with Gasteiger partial charge < -0.3 is 10.4 Å². The number of aliphatic carboxylic acids is 1. The van der Waals surface area contributed by atoms with Gasteiger partial charge in [-0.1, -0.05) is 13.8 Å². The summed E-state index contributed by atoms with van der Waals surface area (Å²) in [6.45, 7) is 5.65. The smallest absolute Gasteiger partial charge is 0.307 e. The van der Waals surface area contributed by atoms with Crippen LogP contribution in [-0.2, 0) is 20.4 Å². The second-order valence-corrected chi connectivity index (χ2v) is 6.97. The molecule has 0 aliphatic heterocycles. The zero-order valence-electron chi connectivity index (χ0n) is 10.5. The second kappa shape index (κ2) is 4.76. The van der Waals surface area contributed by atoms with Crippen molar-refractivity contribution in [2.75, 3.05) is 12.8 Å². The third-order valence-corrected chi connectivity index (χ3v) is 4.81. The number of carbonyl (C=O) groups excluding carboxylic acids is 1. The van der Waals surface area contributed by atoms with Gasteiger partial charge in [0.2, 0.25) is 5.91 Å². The fraction of sp³-hybridized carbons (Fsp3) is 0.818. The molecule has 0 saturated heterocycles. The van der Waals surface area contributed by atoms with Crippen LogP contribution in [0.2, 0.25) is 0 Å². The Balaban J connectivity index is 2.51. The summed E-state index contributed by atoms with van der Waals surface area (Å²) in [5.74, 6) is -2.26. The molecule has 17 heavy (non-hydrogen) atoms. The molecule has 98 valence electrons. The van der Waals surface area contributed by atoms with E-state index in [1.807, 2.05) is 0 Å². The number of hydrogen-bond acceptors (Lipinski definition) is 3. The van der Waals surface area contributed by atoms with Gasteiger partial charge in [0.1, 0.15) is 0 Å². The van der Waals surface area contributed by atoms with Gasteiger partial charge in [-0.15, -0.1) is 0 Å². The summed E-state index contributed by atoms with van der Waals surface area (Å²) in [6.07, 6.45) is 1.58. The fourth-order valence-electron chi connectivity index (χ4n) is 2.06. The van der Waals surface area contributed by atoms with E-state index >= 15 is 0 Å². The van der Waals surface area contributed by atoms with Crippen LogP contribution in [0.25, 0.3) is 0 Å². The first kappa shape index (κ1) is 14.2. The number of carbonyl (C=O) groups is 2. The summed E-state index contributed by atoms with van der Waals surface area (Å²) >= 11 is 0. The number of nitrogens with one attached hydrogen (secondary N) is 1. The Bertz CT molecular complexity index is 366. The second-order valence-electron chi connectivity index (χ2n) is 5.17. The molecule has 5 nitrogen and oxygen atoms in total. The van der Waals surface area contributed by atoms with Crippen molar-refractivity contribution in [3.63, 3.8) is 0 Å². The van der Waals surface area contributed by atoms with Crippen LogP contribution in [0.3, 0.4) is 0 Å². The van der Waals surface area contributed by atoms with Gasteiger partial charge in [-0.25, -0.2) is 0 Å². The van der Waals surface area contributed by atoms with E-state index in [1.165, 1.54) is 0 Å². The molecular weight excluding hydrogens is 242 g/mol. The fourth-order valence-corrected chi connectivity index (χ4v) is 2.38. The van der Waals surface area contributed by atoms with Gasteiger partial charge in [0.15, 0.2) is 0 Å². The number of carboxylic acids is 1. The molecule has 1 aliphatic rings. The first-order valence-corrected chi connectivity index (χ1v) is 7.14. The molecule has 1 amide bonds. The van der Waals surface area contributed by atoms with E-state index in [1.54, 1.807) is 27.0 Å². The van der Waals surface area contributed by atoms with Crippen molar-refractivity contribution in [3.05, 3.63) is 0 Å². The zero-order valence-corrected chi connectivity index (χ0v) is 11.3. The Labute approximate surface area is 103 Å². The summed E-state index contributed by atoms with van der Waals surface area (Å²) in [4.78, 5) is 22.7. The minimum absolute atomic E-state index is 0.121. The Morgan fingerprint density at radius 3 is 2.29 bits per heavy atom. The first-order valence-electron chi connectivity index (χ1n) is 5.52. The van der Waals surface area contributed by atoms with E-state index < -0.39 is 34.0 Å². The summed E-state index contributed by atoms with van der Waals surface area (Å²) in [5.41, 5.74) is -0.482. The highest BCUT2D eigenvalue weighted by Crippen LogP contribution is 2.58. The monoisotopic (exact) mass is 261 g/mol. The van der Waals surface area contributed by atoms with Crippen molar-refractivity contribution in [2.24, 2.45) is 17.3 Å². The van der Waals surface area contributed by atoms with Gasteiger partial charge in [0.05, 0.1) is 11.8 Å². The molecule has 6 heteroatoms. The summed E-state index contributed by atoms with van der Waals surface area (Å²) < 4.78 is 11.1. The van der Waals surface area contributed by atoms with E-state index in [0.717, 1.165) is 0 Å². The van der Waals surface area contributed by atoms with Crippen LogP contribution in [0.1, 0.15) is 20.8 Å². The third kappa shape index (κ3) is 2.86. The Hall–Kier alpha value is -0.910. The number of amides is 1. The standard InChI is InChI=1S/C11H19NO4S/c1-6(17(4)16)5-12-9(13)7-8(10(14)15)11(7,2)3/h6-8H,5H2,1-4H3,(H,12,13)(H,14,15). The molecule has 0 radical (unpaired) electrons. The van der Waals surface area contributed by atoms with E-state index in [9.17, 15) is 13.8 Å². The van der Waals surface area contributed by atoms with E-state index in [2.05, 4.69) is 5.32 Å². The lowest BCUT2D eigenvalue weighted by Gasteiger charge is -2.10. The van der Waals surface area contributed by atoms with Crippen LogP contribution in [0.4, 0.5) is 0 Å². The van der Waals surface area contributed by atoms with Crippen molar-refractivity contribution in [2.45, 2.75) is 26.0 Å². The number of hydrogen-bond donors (Lipinski definition) is 2. The largest absolute Gasteiger partial charge is 0.481 e. The topological polar surface area (TPSA) is 83.5 Å². The SMILES string of the molecule is CC(CNC(=O)C1C(C(=O)O)C1(C)C)S(C)=O. The minimum Gasteiger partial charge on any atom is -0.481 e. The van der Waals surface area contributed by atoms with Crippen molar-refractivity contribution >= 4 is 22.7 Å². The number of carboxylic acid groups (broad SMARTS) is 1. The van der Waals surface area contributed by atoms with E-state index in [-0.39, 0.29) is 11.2 Å². The maximum atomic E-state index is 11.8. The van der Waals surface area contributed by atoms with Crippen molar-refractivity contribution in [3.8, 4) is 0 Å². The maximum absolute atomic E-state index is 11.8. The average molecular weight is 261 g/mol. The molecule has 0 heterocycles. The predicted octanol–water partition coefficient (Wildman–Crippen LogP) is 0.226.